The van der Waals surface area contributed by atoms with Gasteiger partial charge >= 0.3 is 0 Å². The van der Waals surface area contributed by atoms with E-state index in [1.165, 1.54) is 16.6 Å². The second-order valence-electron chi connectivity index (χ2n) is 7.98. The van der Waals surface area contributed by atoms with E-state index in [0.717, 1.165) is 51.7 Å². The number of benzene rings is 3. The number of fused-ring (bicyclic) bond motifs is 3. The Morgan fingerprint density at radius 3 is 2.71 bits per heavy atom. The van der Waals surface area contributed by atoms with Crippen LogP contribution in [0.1, 0.15) is 34.0 Å². The molecular weight excluding hydrogens is 408 g/mol. The second kappa shape index (κ2) is 8.29. The summed E-state index contributed by atoms with van der Waals surface area (Å²) in [5, 5.41) is 5.57. The van der Waals surface area contributed by atoms with Crippen LogP contribution in [-0.2, 0) is 13.0 Å². The molecule has 3 aromatic carbocycles. The molecule has 1 atom stereocenters. The molecule has 4 aromatic rings. The predicted molar refractivity (Wildman–Crippen MR) is 125 cm³/mol. The summed E-state index contributed by atoms with van der Waals surface area (Å²) in [4.78, 5) is 3.64. The number of aromatic nitrogens is 1. The van der Waals surface area contributed by atoms with Gasteiger partial charge in [-0.3, -0.25) is 0 Å². The molecule has 0 bridgehead atoms. The third kappa shape index (κ3) is 3.78. The van der Waals surface area contributed by atoms with Crippen LogP contribution < -0.4 is 14.8 Å². The van der Waals surface area contributed by atoms with Crippen molar-refractivity contribution in [3.8, 4) is 11.5 Å². The zero-order valence-corrected chi connectivity index (χ0v) is 18.4. The summed E-state index contributed by atoms with van der Waals surface area (Å²) in [6.45, 7) is 3.47. The lowest BCUT2D eigenvalue weighted by molar-refractivity contribution is 0.306. The SMILES string of the molecule is COc1c(C)cc(Cl)cc1C1NCCc2c1[nH]c1ccc(OCc3ccccc3)cc21. The van der Waals surface area contributed by atoms with Crippen molar-refractivity contribution in [2.45, 2.75) is 26.0 Å². The smallest absolute Gasteiger partial charge is 0.127 e. The second-order valence-corrected chi connectivity index (χ2v) is 8.42. The molecule has 1 unspecified atom stereocenters. The zero-order chi connectivity index (χ0) is 21.4. The lowest BCUT2D eigenvalue weighted by Crippen LogP contribution is -2.30. The third-order valence-corrected chi connectivity index (χ3v) is 6.17. The predicted octanol–water partition coefficient (Wildman–Crippen LogP) is 5.95. The standard InChI is InChI=1S/C26H25ClN2O2/c1-16-12-18(27)13-22(26(16)30-2)24-25-20(10-11-28-24)21-14-19(8-9-23(21)29-25)31-15-17-6-4-3-5-7-17/h3-9,12-14,24,28-29H,10-11,15H2,1-2H3. The first-order valence-electron chi connectivity index (χ1n) is 10.5. The van der Waals surface area contributed by atoms with E-state index >= 15 is 0 Å². The van der Waals surface area contributed by atoms with Gasteiger partial charge < -0.3 is 19.8 Å². The lowest BCUT2D eigenvalue weighted by Gasteiger charge is -2.27. The van der Waals surface area contributed by atoms with E-state index in [-0.39, 0.29) is 6.04 Å². The van der Waals surface area contributed by atoms with Gasteiger partial charge in [0.05, 0.1) is 13.2 Å². The van der Waals surface area contributed by atoms with Gasteiger partial charge in [0.2, 0.25) is 0 Å². The summed E-state index contributed by atoms with van der Waals surface area (Å²) in [5.74, 6) is 1.75. The van der Waals surface area contributed by atoms with Crippen LogP contribution in [0.3, 0.4) is 0 Å². The first kappa shape index (κ1) is 20.0. The van der Waals surface area contributed by atoms with Gasteiger partial charge in [-0.25, -0.2) is 0 Å². The summed E-state index contributed by atoms with van der Waals surface area (Å²) in [7, 11) is 1.71. The Balaban J connectivity index is 1.52. The minimum Gasteiger partial charge on any atom is -0.496 e. The van der Waals surface area contributed by atoms with E-state index in [9.17, 15) is 0 Å². The van der Waals surface area contributed by atoms with E-state index < -0.39 is 0 Å². The maximum absolute atomic E-state index is 6.40. The molecule has 0 radical (unpaired) electrons. The molecule has 4 nitrogen and oxygen atoms in total. The summed E-state index contributed by atoms with van der Waals surface area (Å²) < 4.78 is 11.8. The van der Waals surface area contributed by atoms with Crippen molar-refractivity contribution in [2.24, 2.45) is 0 Å². The molecule has 1 aliphatic rings. The number of H-pyrrole nitrogens is 1. The number of methoxy groups -OCH3 is 1. The maximum Gasteiger partial charge on any atom is 0.127 e. The molecule has 0 amide bonds. The fourth-order valence-electron chi connectivity index (χ4n) is 4.55. The van der Waals surface area contributed by atoms with Crippen molar-refractivity contribution in [2.75, 3.05) is 13.7 Å². The summed E-state index contributed by atoms with van der Waals surface area (Å²) >= 11 is 6.40. The Labute approximate surface area is 187 Å². The van der Waals surface area contributed by atoms with Crippen LogP contribution in [0.4, 0.5) is 0 Å². The average molecular weight is 433 g/mol. The number of aromatic amines is 1. The molecule has 0 fully saturated rings. The van der Waals surface area contributed by atoms with Crippen LogP contribution in [0.2, 0.25) is 5.02 Å². The third-order valence-electron chi connectivity index (χ3n) is 5.95. The van der Waals surface area contributed by atoms with Crippen LogP contribution in [-0.4, -0.2) is 18.6 Å². The van der Waals surface area contributed by atoms with Crippen molar-refractivity contribution in [1.29, 1.82) is 0 Å². The Morgan fingerprint density at radius 2 is 1.90 bits per heavy atom. The Hall–Kier alpha value is -2.95. The number of rotatable bonds is 5. The molecule has 5 heteroatoms. The summed E-state index contributed by atoms with van der Waals surface area (Å²) in [6.07, 6.45) is 0.954. The van der Waals surface area contributed by atoms with Gasteiger partial charge in [-0.1, -0.05) is 41.9 Å². The normalized spacial score (nSPS) is 15.6. The Morgan fingerprint density at radius 1 is 1.06 bits per heavy atom. The molecule has 1 aromatic heterocycles. The van der Waals surface area contributed by atoms with Crippen LogP contribution in [0.25, 0.3) is 10.9 Å². The zero-order valence-electron chi connectivity index (χ0n) is 17.7. The largest absolute Gasteiger partial charge is 0.496 e. The molecule has 0 aliphatic carbocycles. The summed E-state index contributed by atoms with van der Waals surface area (Å²) in [6, 6.07) is 20.4. The van der Waals surface area contributed by atoms with Crippen molar-refractivity contribution < 1.29 is 9.47 Å². The molecule has 2 heterocycles. The van der Waals surface area contributed by atoms with Gasteiger partial charge in [0.25, 0.3) is 0 Å². The van der Waals surface area contributed by atoms with E-state index in [4.69, 9.17) is 21.1 Å². The first-order chi connectivity index (χ1) is 15.1. The number of ether oxygens (including phenoxy) is 2. The van der Waals surface area contributed by atoms with Crippen LogP contribution in [0.5, 0.6) is 11.5 Å². The summed E-state index contributed by atoms with van der Waals surface area (Å²) in [5.41, 5.74) is 6.85. The molecule has 1 aliphatic heterocycles. The van der Waals surface area contributed by atoms with Gasteiger partial charge in [-0.05, 0) is 60.4 Å². The van der Waals surface area contributed by atoms with E-state index in [2.05, 4.69) is 34.6 Å². The van der Waals surface area contributed by atoms with E-state index in [0.29, 0.717) is 6.61 Å². The highest BCUT2D eigenvalue weighted by Gasteiger charge is 2.28. The number of nitrogens with one attached hydrogen (secondary N) is 2. The Bertz CT molecular complexity index is 1230. The van der Waals surface area contributed by atoms with Gasteiger partial charge in [0, 0.05) is 33.7 Å². The van der Waals surface area contributed by atoms with Gasteiger partial charge in [-0.2, -0.15) is 0 Å². The minimum atomic E-state index is -0.00260. The number of hydrogen-bond acceptors (Lipinski definition) is 3. The van der Waals surface area contributed by atoms with Crippen LogP contribution in [0, 0.1) is 6.92 Å². The molecule has 0 saturated carbocycles. The maximum atomic E-state index is 6.40. The van der Waals surface area contributed by atoms with Gasteiger partial charge in [-0.15, -0.1) is 0 Å². The van der Waals surface area contributed by atoms with Crippen molar-refractivity contribution in [1.82, 2.24) is 10.3 Å². The molecule has 0 saturated heterocycles. The Kier molecular flexibility index (Phi) is 5.34. The highest BCUT2D eigenvalue weighted by atomic mass is 35.5. The highest BCUT2D eigenvalue weighted by Crippen LogP contribution is 2.40. The van der Waals surface area contributed by atoms with Gasteiger partial charge in [0.15, 0.2) is 0 Å². The fourth-order valence-corrected chi connectivity index (χ4v) is 4.83. The average Bonchev–Trinajstić information content (AvgIpc) is 3.16. The molecule has 5 rings (SSSR count). The fraction of sp³-hybridized carbons (Fsp3) is 0.231. The topological polar surface area (TPSA) is 46.3 Å². The molecule has 31 heavy (non-hydrogen) atoms. The van der Waals surface area contributed by atoms with Gasteiger partial charge in [0.1, 0.15) is 18.1 Å². The molecule has 0 spiro atoms. The lowest BCUT2D eigenvalue weighted by atomic mass is 9.92. The molecule has 158 valence electrons. The first-order valence-corrected chi connectivity index (χ1v) is 10.9. The minimum absolute atomic E-state index is 0.00260. The molecular formula is C26H25ClN2O2. The highest BCUT2D eigenvalue weighted by molar-refractivity contribution is 6.30. The van der Waals surface area contributed by atoms with Crippen LogP contribution in [0.15, 0.2) is 60.7 Å². The number of hydrogen-bond donors (Lipinski definition) is 2. The number of halogens is 1. The quantitative estimate of drug-likeness (QED) is 0.409. The van der Waals surface area contributed by atoms with Crippen molar-refractivity contribution >= 4 is 22.5 Å². The monoisotopic (exact) mass is 432 g/mol. The van der Waals surface area contributed by atoms with E-state index in [1.807, 2.05) is 43.3 Å². The van der Waals surface area contributed by atoms with Crippen molar-refractivity contribution in [3.05, 3.63) is 93.6 Å². The number of aryl methyl sites for hydroxylation is 1. The molecule has 2 N–H and O–H groups in total. The van der Waals surface area contributed by atoms with Crippen molar-refractivity contribution in [3.63, 3.8) is 0 Å². The van der Waals surface area contributed by atoms with E-state index in [1.54, 1.807) is 7.11 Å². The van der Waals surface area contributed by atoms with Crippen LogP contribution >= 0.6 is 11.6 Å².